The van der Waals surface area contributed by atoms with Gasteiger partial charge in [0.25, 0.3) is 0 Å². The van der Waals surface area contributed by atoms with Crippen LogP contribution in [-0.4, -0.2) is 25.7 Å². The van der Waals surface area contributed by atoms with Gasteiger partial charge in [-0.1, -0.05) is 25.4 Å². The molecule has 1 saturated heterocycles. The predicted molar refractivity (Wildman–Crippen MR) is 74.9 cm³/mol. The fourth-order valence-corrected chi connectivity index (χ4v) is 2.49. The summed E-state index contributed by atoms with van der Waals surface area (Å²) in [6.45, 7) is 7.40. The molecule has 0 bridgehead atoms. The molecular weight excluding hydrogens is 251 g/mol. The van der Waals surface area contributed by atoms with Crippen LogP contribution in [0, 0.1) is 11.7 Å². The van der Waals surface area contributed by atoms with Crippen molar-refractivity contribution < 1.29 is 4.39 Å². The number of nitrogens with one attached hydrogen (secondary N) is 1. The Balaban J connectivity index is 1.93. The van der Waals surface area contributed by atoms with Gasteiger partial charge in [-0.2, -0.15) is 0 Å². The SMILES string of the molecule is CC(C)NCC1CCN(c2ccc(F)c(Cl)c2)C1. The zero-order chi connectivity index (χ0) is 13.1. The van der Waals surface area contributed by atoms with Gasteiger partial charge in [0, 0.05) is 24.8 Å². The maximum absolute atomic E-state index is 13.1. The number of benzene rings is 1. The number of rotatable bonds is 4. The number of nitrogens with zero attached hydrogens (tertiary/aromatic N) is 1. The van der Waals surface area contributed by atoms with Crippen molar-refractivity contribution in [2.45, 2.75) is 26.3 Å². The highest BCUT2D eigenvalue weighted by Crippen LogP contribution is 2.27. The van der Waals surface area contributed by atoms with Gasteiger partial charge >= 0.3 is 0 Å². The van der Waals surface area contributed by atoms with E-state index in [0.29, 0.717) is 12.0 Å². The Morgan fingerprint density at radius 3 is 2.94 bits per heavy atom. The molecule has 1 unspecified atom stereocenters. The molecule has 1 aliphatic rings. The smallest absolute Gasteiger partial charge is 0.141 e. The maximum atomic E-state index is 13.1. The summed E-state index contributed by atoms with van der Waals surface area (Å²) in [4.78, 5) is 2.28. The van der Waals surface area contributed by atoms with Gasteiger partial charge in [0.05, 0.1) is 5.02 Å². The average molecular weight is 271 g/mol. The van der Waals surface area contributed by atoms with E-state index in [4.69, 9.17) is 11.6 Å². The lowest BCUT2D eigenvalue weighted by Crippen LogP contribution is -2.30. The first kappa shape index (κ1) is 13.6. The minimum Gasteiger partial charge on any atom is -0.371 e. The van der Waals surface area contributed by atoms with Gasteiger partial charge in [-0.15, -0.1) is 0 Å². The van der Waals surface area contributed by atoms with Gasteiger partial charge in [0.2, 0.25) is 0 Å². The second-order valence-electron chi connectivity index (χ2n) is 5.26. The van der Waals surface area contributed by atoms with Gasteiger partial charge < -0.3 is 10.2 Å². The normalized spacial score (nSPS) is 19.8. The topological polar surface area (TPSA) is 15.3 Å². The van der Waals surface area contributed by atoms with Crippen LogP contribution >= 0.6 is 11.6 Å². The minimum absolute atomic E-state index is 0.205. The van der Waals surface area contributed by atoms with Crippen LogP contribution in [-0.2, 0) is 0 Å². The molecule has 0 saturated carbocycles. The van der Waals surface area contributed by atoms with Gasteiger partial charge in [-0.05, 0) is 37.1 Å². The van der Waals surface area contributed by atoms with Crippen LogP contribution in [0.3, 0.4) is 0 Å². The highest BCUT2D eigenvalue weighted by atomic mass is 35.5. The standard InChI is InChI=1S/C14H20ClFN2/c1-10(2)17-8-11-5-6-18(9-11)12-3-4-14(16)13(15)7-12/h3-4,7,10-11,17H,5-6,8-9H2,1-2H3. The van der Waals surface area contributed by atoms with Crippen molar-refractivity contribution in [3.8, 4) is 0 Å². The summed E-state index contributed by atoms with van der Waals surface area (Å²) in [5, 5.41) is 3.67. The molecule has 1 N–H and O–H groups in total. The highest BCUT2D eigenvalue weighted by molar-refractivity contribution is 6.31. The van der Waals surface area contributed by atoms with E-state index >= 15 is 0 Å². The Bertz CT molecular complexity index is 409. The van der Waals surface area contributed by atoms with E-state index in [0.717, 1.165) is 25.3 Å². The van der Waals surface area contributed by atoms with E-state index in [1.165, 1.54) is 12.5 Å². The highest BCUT2D eigenvalue weighted by Gasteiger charge is 2.23. The van der Waals surface area contributed by atoms with E-state index in [1.807, 2.05) is 0 Å². The number of anilines is 1. The Hall–Kier alpha value is -0.800. The summed E-state index contributed by atoms with van der Waals surface area (Å²) >= 11 is 5.82. The van der Waals surface area contributed by atoms with Crippen molar-refractivity contribution in [1.29, 1.82) is 0 Å². The van der Waals surface area contributed by atoms with Crippen LogP contribution in [0.4, 0.5) is 10.1 Å². The first-order valence-corrected chi connectivity index (χ1v) is 6.87. The minimum atomic E-state index is -0.349. The van der Waals surface area contributed by atoms with Crippen molar-refractivity contribution in [3.05, 3.63) is 29.0 Å². The van der Waals surface area contributed by atoms with Crippen molar-refractivity contribution in [1.82, 2.24) is 5.32 Å². The van der Waals surface area contributed by atoms with Crippen LogP contribution in [0.1, 0.15) is 20.3 Å². The molecule has 0 radical (unpaired) electrons. The zero-order valence-electron chi connectivity index (χ0n) is 10.9. The summed E-state index contributed by atoms with van der Waals surface area (Å²) in [5.74, 6) is 0.314. The number of halogens is 2. The molecule has 0 spiro atoms. The van der Waals surface area contributed by atoms with Crippen LogP contribution in [0.2, 0.25) is 5.02 Å². The first-order valence-electron chi connectivity index (χ1n) is 6.49. The van der Waals surface area contributed by atoms with E-state index < -0.39 is 0 Å². The van der Waals surface area contributed by atoms with Crippen molar-refractivity contribution >= 4 is 17.3 Å². The van der Waals surface area contributed by atoms with Crippen LogP contribution in [0.5, 0.6) is 0 Å². The molecule has 0 aliphatic carbocycles. The Kier molecular flexibility index (Phi) is 4.46. The third-order valence-electron chi connectivity index (χ3n) is 3.37. The fourth-order valence-electron chi connectivity index (χ4n) is 2.32. The zero-order valence-corrected chi connectivity index (χ0v) is 11.7. The molecule has 1 aromatic carbocycles. The average Bonchev–Trinajstić information content (AvgIpc) is 2.79. The van der Waals surface area contributed by atoms with Crippen LogP contribution < -0.4 is 10.2 Å². The lowest BCUT2D eigenvalue weighted by Gasteiger charge is -2.19. The number of hydrogen-bond acceptors (Lipinski definition) is 2. The maximum Gasteiger partial charge on any atom is 0.141 e. The Morgan fingerprint density at radius 1 is 1.50 bits per heavy atom. The lowest BCUT2D eigenvalue weighted by atomic mass is 10.1. The summed E-state index contributed by atoms with van der Waals surface area (Å²) in [6, 6.07) is 5.49. The summed E-state index contributed by atoms with van der Waals surface area (Å²) < 4.78 is 13.1. The molecule has 0 aromatic heterocycles. The molecule has 1 atom stereocenters. The molecular formula is C14H20ClFN2. The predicted octanol–water partition coefficient (Wildman–Crippen LogP) is 3.30. The molecule has 0 amide bonds. The Labute approximate surface area is 113 Å². The molecule has 2 rings (SSSR count). The second kappa shape index (κ2) is 5.89. The van der Waals surface area contributed by atoms with Crippen molar-refractivity contribution in [3.63, 3.8) is 0 Å². The first-order chi connectivity index (χ1) is 8.56. The van der Waals surface area contributed by atoms with Gasteiger partial charge in [0.15, 0.2) is 0 Å². The quantitative estimate of drug-likeness (QED) is 0.903. The molecule has 4 heteroatoms. The second-order valence-corrected chi connectivity index (χ2v) is 5.67. The van der Waals surface area contributed by atoms with E-state index in [9.17, 15) is 4.39 Å². The van der Waals surface area contributed by atoms with E-state index in [2.05, 4.69) is 24.1 Å². The lowest BCUT2D eigenvalue weighted by molar-refractivity contribution is 0.480. The van der Waals surface area contributed by atoms with Crippen molar-refractivity contribution in [2.24, 2.45) is 5.92 Å². The van der Waals surface area contributed by atoms with E-state index in [1.54, 1.807) is 12.1 Å². The number of hydrogen-bond donors (Lipinski definition) is 1. The van der Waals surface area contributed by atoms with Gasteiger partial charge in [0.1, 0.15) is 5.82 Å². The summed E-state index contributed by atoms with van der Waals surface area (Å²) in [6.07, 6.45) is 1.18. The largest absolute Gasteiger partial charge is 0.371 e. The molecule has 1 heterocycles. The summed E-state index contributed by atoms with van der Waals surface area (Å²) in [7, 11) is 0. The third-order valence-corrected chi connectivity index (χ3v) is 3.66. The third kappa shape index (κ3) is 3.36. The Morgan fingerprint density at radius 2 is 2.28 bits per heavy atom. The molecule has 2 nitrogen and oxygen atoms in total. The monoisotopic (exact) mass is 270 g/mol. The van der Waals surface area contributed by atoms with Gasteiger partial charge in [-0.3, -0.25) is 0 Å². The van der Waals surface area contributed by atoms with Crippen molar-refractivity contribution in [2.75, 3.05) is 24.5 Å². The molecule has 1 aliphatic heterocycles. The fraction of sp³-hybridized carbons (Fsp3) is 0.571. The van der Waals surface area contributed by atoms with E-state index in [-0.39, 0.29) is 10.8 Å². The van der Waals surface area contributed by atoms with Gasteiger partial charge in [-0.25, -0.2) is 4.39 Å². The molecule has 1 aromatic rings. The molecule has 18 heavy (non-hydrogen) atoms. The molecule has 1 fully saturated rings. The summed E-state index contributed by atoms with van der Waals surface area (Å²) in [5.41, 5.74) is 1.02. The van der Waals surface area contributed by atoms with Crippen LogP contribution in [0.25, 0.3) is 0 Å². The van der Waals surface area contributed by atoms with Crippen LogP contribution in [0.15, 0.2) is 18.2 Å². The molecule has 100 valence electrons.